The molecule has 25 heavy (non-hydrogen) atoms. The van der Waals surface area contributed by atoms with Crippen LogP contribution in [-0.2, 0) is 16.0 Å². The third-order valence-electron chi connectivity index (χ3n) is 3.78. The number of anilines is 1. The van der Waals surface area contributed by atoms with Crippen LogP contribution in [0.1, 0.15) is 21.5 Å². The fraction of sp³-hybridized carbons (Fsp3) is 0.263. The maximum absolute atomic E-state index is 12.4. The van der Waals surface area contributed by atoms with Crippen LogP contribution in [0, 0.1) is 6.92 Å². The lowest BCUT2D eigenvalue weighted by Crippen LogP contribution is -2.15. The van der Waals surface area contributed by atoms with E-state index >= 15 is 0 Å². The van der Waals surface area contributed by atoms with Gasteiger partial charge in [0.25, 0.3) is 0 Å². The second kappa shape index (κ2) is 8.19. The highest BCUT2D eigenvalue weighted by Gasteiger charge is 2.15. The molecule has 1 amide bonds. The molecule has 0 heterocycles. The van der Waals surface area contributed by atoms with Gasteiger partial charge in [0.15, 0.2) is 0 Å². The molecule has 0 atom stereocenters. The van der Waals surface area contributed by atoms with Crippen LogP contribution in [0.25, 0.3) is 0 Å². The van der Waals surface area contributed by atoms with Crippen molar-refractivity contribution in [2.45, 2.75) is 13.3 Å². The van der Waals surface area contributed by atoms with Crippen molar-refractivity contribution in [3.63, 3.8) is 0 Å². The number of rotatable bonds is 6. The summed E-state index contributed by atoms with van der Waals surface area (Å²) in [4.78, 5) is 23.9. The second-order valence-electron chi connectivity index (χ2n) is 5.38. The number of amides is 1. The van der Waals surface area contributed by atoms with Crippen LogP contribution in [0.4, 0.5) is 5.69 Å². The minimum atomic E-state index is -0.455. The van der Waals surface area contributed by atoms with Crippen LogP contribution >= 0.6 is 0 Å². The SMILES string of the molecule is COC(=O)c1cccc(NC(=O)Cc2ccc(OC)c(C)c2OC)c1. The molecule has 0 saturated heterocycles. The standard InChI is InChI=1S/C19H21NO5/c1-12-16(23-2)9-8-13(18(12)24-3)11-17(21)20-15-7-5-6-14(10-15)19(22)25-4/h5-10H,11H2,1-4H3,(H,20,21). The van der Waals surface area contributed by atoms with E-state index in [-0.39, 0.29) is 12.3 Å². The van der Waals surface area contributed by atoms with Gasteiger partial charge in [-0.3, -0.25) is 4.79 Å². The van der Waals surface area contributed by atoms with Crippen LogP contribution in [0.5, 0.6) is 11.5 Å². The first kappa shape index (κ1) is 18.3. The quantitative estimate of drug-likeness (QED) is 0.816. The number of hydrogen-bond acceptors (Lipinski definition) is 5. The Bertz CT molecular complexity index is 785. The Morgan fingerprint density at radius 3 is 2.44 bits per heavy atom. The maximum atomic E-state index is 12.4. The Morgan fingerprint density at radius 1 is 1.04 bits per heavy atom. The summed E-state index contributed by atoms with van der Waals surface area (Å²) in [6, 6.07) is 10.2. The summed E-state index contributed by atoms with van der Waals surface area (Å²) < 4.78 is 15.4. The Labute approximate surface area is 146 Å². The molecular formula is C19H21NO5. The molecule has 2 aromatic rings. The van der Waals surface area contributed by atoms with E-state index in [1.165, 1.54) is 7.11 Å². The molecule has 0 radical (unpaired) electrons. The van der Waals surface area contributed by atoms with Gasteiger partial charge in [0, 0.05) is 16.8 Å². The van der Waals surface area contributed by atoms with Gasteiger partial charge in [-0.1, -0.05) is 12.1 Å². The third-order valence-corrected chi connectivity index (χ3v) is 3.78. The largest absolute Gasteiger partial charge is 0.496 e. The van der Waals surface area contributed by atoms with Crippen LogP contribution in [-0.4, -0.2) is 33.2 Å². The lowest BCUT2D eigenvalue weighted by molar-refractivity contribution is -0.115. The molecule has 0 aliphatic rings. The first-order valence-corrected chi connectivity index (χ1v) is 7.68. The number of hydrogen-bond donors (Lipinski definition) is 1. The van der Waals surface area contributed by atoms with Gasteiger partial charge in [0.05, 0.1) is 33.3 Å². The number of carbonyl (C=O) groups excluding carboxylic acids is 2. The van der Waals surface area contributed by atoms with E-state index in [0.29, 0.717) is 22.7 Å². The van der Waals surface area contributed by atoms with E-state index in [4.69, 9.17) is 9.47 Å². The summed E-state index contributed by atoms with van der Waals surface area (Å²) >= 11 is 0. The highest BCUT2D eigenvalue weighted by Crippen LogP contribution is 2.31. The molecule has 0 aromatic heterocycles. The number of nitrogens with one attached hydrogen (secondary N) is 1. The Balaban J connectivity index is 2.16. The number of carbonyl (C=O) groups is 2. The van der Waals surface area contributed by atoms with E-state index in [9.17, 15) is 9.59 Å². The molecule has 0 aliphatic carbocycles. The molecule has 132 valence electrons. The molecule has 6 heteroatoms. The summed E-state index contributed by atoms with van der Waals surface area (Å²) in [5.41, 5.74) is 2.49. The van der Waals surface area contributed by atoms with E-state index < -0.39 is 5.97 Å². The Hall–Kier alpha value is -3.02. The van der Waals surface area contributed by atoms with Crippen molar-refractivity contribution < 1.29 is 23.8 Å². The molecule has 2 aromatic carbocycles. The zero-order valence-electron chi connectivity index (χ0n) is 14.7. The third kappa shape index (κ3) is 4.29. The molecule has 0 aliphatic heterocycles. The predicted molar refractivity (Wildman–Crippen MR) is 94.4 cm³/mol. The smallest absolute Gasteiger partial charge is 0.337 e. The van der Waals surface area contributed by atoms with E-state index in [1.807, 2.05) is 6.92 Å². The van der Waals surface area contributed by atoms with Crippen molar-refractivity contribution in [2.24, 2.45) is 0 Å². The highest BCUT2D eigenvalue weighted by atomic mass is 16.5. The molecule has 0 bridgehead atoms. The molecule has 0 fully saturated rings. The Morgan fingerprint density at radius 2 is 1.80 bits per heavy atom. The van der Waals surface area contributed by atoms with Crippen molar-refractivity contribution in [1.82, 2.24) is 0 Å². The molecule has 6 nitrogen and oxygen atoms in total. The average molecular weight is 343 g/mol. The number of benzene rings is 2. The molecule has 2 rings (SSSR count). The highest BCUT2D eigenvalue weighted by molar-refractivity contribution is 5.95. The molecular weight excluding hydrogens is 322 g/mol. The minimum absolute atomic E-state index is 0.135. The number of methoxy groups -OCH3 is 3. The summed E-state index contributed by atoms with van der Waals surface area (Å²) in [6.07, 6.45) is 0.135. The maximum Gasteiger partial charge on any atom is 0.337 e. The zero-order valence-corrected chi connectivity index (χ0v) is 14.7. The fourth-order valence-corrected chi connectivity index (χ4v) is 2.59. The van der Waals surface area contributed by atoms with E-state index in [1.54, 1.807) is 50.6 Å². The van der Waals surface area contributed by atoms with Crippen molar-refractivity contribution in [2.75, 3.05) is 26.6 Å². The van der Waals surface area contributed by atoms with E-state index in [2.05, 4.69) is 10.1 Å². The molecule has 0 spiro atoms. The normalized spacial score (nSPS) is 10.1. The minimum Gasteiger partial charge on any atom is -0.496 e. The average Bonchev–Trinajstić information content (AvgIpc) is 2.61. The summed E-state index contributed by atoms with van der Waals surface area (Å²) in [5, 5.41) is 2.78. The topological polar surface area (TPSA) is 73.9 Å². The van der Waals surface area contributed by atoms with Gasteiger partial charge in [0.1, 0.15) is 11.5 Å². The molecule has 0 unspecified atom stereocenters. The van der Waals surface area contributed by atoms with Crippen LogP contribution in [0.2, 0.25) is 0 Å². The molecule has 1 N–H and O–H groups in total. The van der Waals surface area contributed by atoms with Gasteiger partial charge in [0.2, 0.25) is 5.91 Å². The van der Waals surface area contributed by atoms with Crippen molar-refractivity contribution >= 4 is 17.6 Å². The van der Waals surface area contributed by atoms with Crippen LogP contribution in [0.15, 0.2) is 36.4 Å². The predicted octanol–water partition coefficient (Wildman–Crippen LogP) is 2.98. The van der Waals surface area contributed by atoms with Crippen LogP contribution in [0.3, 0.4) is 0 Å². The first-order chi connectivity index (χ1) is 12.0. The Kier molecular flexibility index (Phi) is 6.00. The van der Waals surface area contributed by atoms with Gasteiger partial charge >= 0.3 is 5.97 Å². The van der Waals surface area contributed by atoms with Gasteiger partial charge in [-0.25, -0.2) is 4.79 Å². The summed E-state index contributed by atoms with van der Waals surface area (Å²) in [6.45, 7) is 1.87. The van der Waals surface area contributed by atoms with Gasteiger partial charge < -0.3 is 19.5 Å². The number of ether oxygens (including phenoxy) is 3. The lowest BCUT2D eigenvalue weighted by Gasteiger charge is -2.14. The molecule has 0 saturated carbocycles. The van der Waals surface area contributed by atoms with Gasteiger partial charge in [-0.05, 0) is 31.2 Å². The lowest BCUT2D eigenvalue weighted by atomic mass is 10.1. The zero-order chi connectivity index (χ0) is 18.4. The van der Waals surface area contributed by atoms with Crippen molar-refractivity contribution in [3.8, 4) is 11.5 Å². The second-order valence-corrected chi connectivity index (χ2v) is 5.38. The number of esters is 1. The van der Waals surface area contributed by atoms with E-state index in [0.717, 1.165) is 11.1 Å². The first-order valence-electron chi connectivity index (χ1n) is 7.68. The van der Waals surface area contributed by atoms with Crippen molar-refractivity contribution in [3.05, 3.63) is 53.1 Å². The van der Waals surface area contributed by atoms with Crippen molar-refractivity contribution in [1.29, 1.82) is 0 Å². The van der Waals surface area contributed by atoms with Gasteiger partial charge in [-0.2, -0.15) is 0 Å². The summed E-state index contributed by atoms with van der Waals surface area (Å²) in [7, 11) is 4.46. The van der Waals surface area contributed by atoms with Gasteiger partial charge in [-0.15, -0.1) is 0 Å². The van der Waals surface area contributed by atoms with Crippen LogP contribution < -0.4 is 14.8 Å². The fourth-order valence-electron chi connectivity index (χ4n) is 2.59. The summed E-state index contributed by atoms with van der Waals surface area (Å²) in [5.74, 6) is 0.651. The monoisotopic (exact) mass is 343 g/mol.